The van der Waals surface area contributed by atoms with E-state index in [1.807, 2.05) is 12.1 Å². The van der Waals surface area contributed by atoms with E-state index in [1.165, 1.54) is 0 Å². The first-order valence-corrected chi connectivity index (χ1v) is 4.21. The van der Waals surface area contributed by atoms with Crippen molar-refractivity contribution in [3.63, 3.8) is 0 Å². The summed E-state index contributed by atoms with van der Waals surface area (Å²) >= 11 is 5.70. The third kappa shape index (κ3) is 2.92. The van der Waals surface area contributed by atoms with Crippen LogP contribution in [0.2, 0.25) is 5.02 Å². The van der Waals surface area contributed by atoms with Gasteiger partial charge in [-0.1, -0.05) is 23.7 Å². The molecule has 1 amide bonds. The van der Waals surface area contributed by atoms with Gasteiger partial charge in [-0.25, -0.2) is 0 Å². The monoisotopic (exact) mass is 195 g/mol. The predicted octanol–water partition coefficient (Wildman–Crippen LogP) is 2.23. The van der Waals surface area contributed by atoms with Gasteiger partial charge >= 0.3 is 0 Å². The number of hydrogen-bond acceptors (Lipinski definition) is 1. The third-order valence-electron chi connectivity index (χ3n) is 1.64. The van der Waals surface area contributed by atoms with E-state index >= 15 is 0 Å². The number of rotatable bonds is 2. The van der Waals surface area contributed by atoms with Gasteiger partial charge in [0.2, 0.25) is 5.91 Å². The van der Waals surface area contributed by atoms with Crippen LogP contribution in [0.4, 0.5) is 0 Å². The van der Waals surface area contributed by atoms with Gasteiger partial charge in [-0.3, -0.25) is 4.79 Å². The molecular formula is C10H10ClNO. The molecule has 1 aromatic rings. The molecule has 1 aromatic carbocycles. The standard InChI is InChI=1S/C10H10ClNO/c1-7(10(12)13)6-8-2-4-9(11)5-3-8/h2-6H,1H3,(H2,12,13). The van der Waals surface area contributed by atoms with Gasteiger partial charge in [0, 0.05) is 10.6 Å². The first-order valence-electron chi connectivity index (χ1n) is 3.83. The summed E-state index contributed by atoms with van der Waals surface area (Å²) < 4.78 is 0. The van der Waals surface area contributed by atoms with Crippen LogP contribution in [0.15, 0.2) is 29.8 Å². The molecule has 0 radical (unpaired) electrons. The minimum atomic E-state index is -0.407. The highest BCUT2D eigenvalue weighted by molar-refractivity contribution is 6.30. The maximum atomic E-state index is 10.7. The number of benzene rings is 1. The van der Waals surface area contributed by atoms with Crippen molar-refractivity contribution in [3.05, 3.63) is 40.4 Å². The number of nitrogens with two attached hydrogens (primary N) is 1. The molecular weight excluding hydrogens is 186 g/mol. The zero-order valence-electron chi connectivity index (χ0n) is 7.25. The summed E-state index contributed by atoms with van der Waals surface area (Å²) in [5.41, 5.74) is 6.53. The van der Waals surface area contributed by atoms with Crippen LogP contribution in [0.1, 0.15) is 12.5 Å². The summed E-state index contributed by atoms with van der Waals surface area (Å²) in [4.78, 5) is 10.7. The summed E-state index contributed by atoms with van der Waals surface area (Å²) in [5.74, 6) is -0.407. The number of primary amides is 1. The lowest BCUT2D eigenvalue weighted by Crippen LogP contribution is -2.11. The molecule has 0 saturated heterocycles. The maximum Gasteiger partial charge on any atom is 0.244 e. The Morgan fingerprint density at radius 3 is 2.38 bits per heavy atom. The van der Waals surface area contributed by atoms with Gasteiger partial charge in [-0.2, -0.15) is 0 Å². The lowest BCUT2D eigenvalue weighted by molar-refractivity contribution is -0.114. The summed E-state index contributed by atoms with van der Waals surface area (Å²) in [6, 6.07) is 7.19. The van der Waals surface area contributed by atoms with Crippen molar-refractivity contribution in [1.82, 2.24) is 0 Å². The Morgan fingerprint density at radius 2 is 1.92 bits per heavy atom. The largest absolute Gasteiger partial charge is 0.366 e. The second-order valence-electron chi connectivity index (χ2n) is 2.74. The van der Waals surface area contributed by atoms with E-state index in [-0.39, 0.29) is 0 Å². The molecule has 0 saturated carbocycles. The molecule has 0 aliphatic rings. The van der Waals surface area contributed by atoms with Gasteiger partial charge in [0.05, 0.1) is 0 Å². The van der Waals surface area contributed by atoms with Crippen LogP contribution in [-0.4, -0.2) is 5.91 Å². The van der Waals surface area contributed by atoms with Crippen LogP contribution in [0.25, 0.3) is 6.08 Å². The van der Waals surface area contributed by atoms with Gasteiger partial charge in [-0.05, 0) is 30.7 Å². The van der Waals surface area contributed by atoms with Crippen LogP contribution in [0.3, 0.4) is 0 Å². The molecule has 0 aliphatic carbocycles. The topological polar surface area (TPSA) is 43.1 Å². The first-order chi connectivity index (χ1) is 6.09. The lowest BCUT2D eigenvalue weighted by Gasteiger charge is -1.96. The van der Waals surface area contributed by atoms with E-state index in [0.717, 1.165) is 5.56 Å². The second kappa shape index (κ2) is 4.10. The van der Waals surface area contributed by atoms with Crippen molar-refractivity contribution in [3.8, 4) is 0 Å². The van der Waals surface area contributed by atoms with Gasteiger partial charge in [0.25, 0.3) is 0 Å². The molecule has 2 N–H and O–H groups in total. The molecule has 2 nitrogen and oxygen atoms in total. The van der Waals surface area contributed by atoms with Crippen molar-refractivity contribution >= 4 is 23.6 Å². The fourth-order valence-corrected chi connectivity index (χ4v) is 1.01. The molecule has 0 aliphatic heterocycles. The number of halogens is 1. The highest BCUT2D eigenvalue weighted by Gasteiger charge is 1.96. The summed E-state index contributed by atoms with van der Waals surface area (Å²) in [5, 5.41) is 0.675. The third-order valence-corrected chi connectivity index (χ3v) is 1.89. The Balaban J connectivity index is 2.92. The summed E-state index contributed by atoms with van der Waals surface area (Å²) in [6.07, 6.45) is 1.72. The predicted molar refractivity (Wildman–Crippen MR) is 54.3 cm³/mol. The number of carbonyl (C=O) groups is 1. The summed E-state index contributed by atoms with van der Waals surface area (Å²) in [6.45, 7) is 1.68. The number of amides is 1. The lowest BCUT2D eigenvalue weighted by atomic mass is 10.1. The van der Waals surface area contributed by atoms with E-state index in [9.17, 15) is 4.79 Å². The second-order valence-corrected chi connectivity index (χ2v) is 3.18. The van der Waals surface area contributed by atoms with Crippen molar-refractivity contribution < 1.29 is 4.79 Å². The van der Waals surface area contributed by atoms with E-state index in [1.54, 1.807) is 25.1 Å². The average molecular weight is 196 g/mol. The Bertz CT molecular complexity index is 340. The van der Waals surface area contributed by atoms with Crippen molar-refractivity contribution in [2.45, 2.75) is 6.92 Å². The minimum absolute atomic E-state index is 0.407. The first kappa shape index (κ1) is 9.81. The summed E-state index contributed by atoms with van der Waals surface area (Å²) in [7, 11) is 0. The number of hydrogen-bond donors (Lipinski definition) is 1. The molecule has 68 valence electrons. The van der Waals surface area contributed by atoms with Crippen molar-refractivity contribution in [2.75, 3.05) is 0 Å². The smallest absolute Gasteiger partial charge is 0.244 e. The molecule has 13 heavy (non-hydrogen) atoms. The molecule has 0 aromatic heterocycles. The van der Waals surface area contributed by atoms with Crippen molar-refractivity contribution in [1.29, 1.82) is 0 Å². The van der Waals surface area contributed by atoms with Crippen LogP contribution < -0.4 is 5.73 Å². The van der Waals surface area contributed by atoms with E-state index in [2.05, 4.69) is 0 Å². The van der Waals surface area contributed by atoms with Crippen LogP contribution in [-0.2, 0) is 4.79 Å². The van der Waals surface area contributed by atoms with Gasteiger partial charge in [0.1, 0.15) is 0 Å². The van der Waals surface area contributed by atoms with E-state index in [0.29, 0.717) is 10.6 Å². The van der Waals surface area contributed by atoms with E-state index < -0.39 is 5.91 Å². The Kier molecular flexibility index (Phi) is 3.09. The Labute approximate surface area is 82.0 Å². The van der Waals surface area contributed by atoms with Crippen LogP contribution >= 0.6 is 11.6 Å². The zero-order valence-corrected chi connectivity index (χ0v) is 8.01. The molecule has 0 bridgehead atoms. The zero-order chi connectivity index (χ0) is 9.84. The van der Waals surface area contributed by atoms with Crippen LogP contribution in [0.5, 0.6) is 0 Å². The van der Waals surface area contributed by atoms with Gasteiger partial charge < -0.3 is 5.73 Å². The van der Waals surface area contributed by atoms with Gasteiger partial charge in [-0.15, -0.1) is 0 Å². The minimum Gasteiger partial charge on any atom is -0.366 e. The fourth-order valence-electron chi connectivity index (χ4n) is 0.880. The molecule has 0 fully saturated rings. The molecule has 0 spiro atoms. The average Bonchev–Trinajstić information content (AvgIpc) is 2.08. The quantitative estimate of drug-likeness (QED) is 0.723. The molecule has 1 rings (SSSR count). The van der Waals surface area contributed by atoms with E-state index in [4.69, 9.17) is 17.3 Å². The molecule has 0 heterocycles. The van der Waals surface area contributed by atoms with Gasteiger partial charge in [0.15, 0.2) is 0 Å². The molecule has 0 atom stereocenters. The number of carbonyl (C=O) groups excluding carboxylic acids is 1. The molecule has 0 unspecified atom stereocenters. The SMILES string of the molecule is CC(=Cc1ccc(Cl)cc1)C(N)=O. The van der Waals surface area contributed by atoms with Crippen molar-refractivity contribution in [2.24, 2.45) is 5.73 Å². The highest BCUT2D eigenvalue weighted by Crippen LogP contribution is 2.12. The highest BCUT2D eigenvalue weighted by atomic mass is 35.5. The normalized spacial score (nSPS) is 11.4. The molecule has 3 heteroatoms. The Morgan fingerprint density at radius 1 is 1.38 bits per heavy atom. The Hall–Kier alpha value is -1.28. The maximum absolute atomic E-state index is 10.7. The fraction of sp³-hybridized carbons (Fsp3) is 0.100. The van der Waals surface area contributed by atoms with Crippen LogP contribution in [0, 0.1) is 0 Å².